The topological polar surface area (TPSA) is 70.3 Å². The van der Waals surface area contributed by atoms with Gasteiger partial charge in [-0.3, -0.25) is 0 Å². The molecule has 0 fully saturated rings. The molecule has 0 aliphatic rings. The van der Waals surface area contributed by atoms with E-state index in [4.69, 9.17) is 10.2 Å². The van der Waals surface area contributed by atoms with Crippen LogP contribution in [0.4, 0.5) is 5.69 Å². The summed E-state index contributed by atoms with van der Waals surface area (Å²) in [5.41, 5.74) is 1.68. The summed E-state index contributed by atoms with van der Waals surface area (Å²) in [6.45, 7) is 1.90. The van der Waals surface area contributed by atoms with E-state index < -0.39 is 0 Å². The predicted molar refractivity (Wildman–Crippen MR) is 47.4 cm³/mol. The highest BCUT2D eigenvalue weighted by Gasteiger charge is 1.90. The second kappa shape index (κ2) is 6.68. The molecule has 0 radical (unpaired) electrons. The van der Waals surface area contributed by atoms with Crippen LogP contribution in [0, 0.1) is 12.3 Å². The van der Waals surface area contributed by atoms with Crippen LogP contribution in [0.5, 0.6) is 0 Å². The minimum Gasteiger partial charge on any atom is -0.222 e. The molecule has 0 amide bonds. The summed E-state index contributed by atoms with van der Waals surface area (Å²) in [5.74, 6) is 0. The molecule has 0 atom stereocenters. The van der Waals surface area contributed by atoms with Gasteiger partial charge >= 0.3 is 0 Å². The van der Waals surface area contributed by atoms with Crippen molar-refractivity contribution in [3.63, 3.8) is 0 Å². The Kier molecular flexibility index (Phi) is 5.64. The zero-order valence-corrected chi connectivity index (χ0v) is 7.07. The monoisotopic (exact) mass is 176 g/mol. The summed E-state index contributed by atoms with van der Waals surface area (Å²) >= 11 is 0. The smallest absolute Gasteiger partial charge is 0.222 e. The summed E-state index contributed by atoms with van der Waals surface area (Å²) in [6.07, 6.45) is 2.25. The molecule has 0 heterocycles. The van der Waals surface area contributed by atoms with E-state index in [1.165, 1.54) is 6.08 Å². The third-order valence-corrected chi connectivity index (χ3v) is 1.28. The number of para-hydroxylation sites is 1. The van der Waals surface area contributed by atoms with Crippen molar-refractivity contribution in [1.29, 1.82) is 5.41 Å². The molecule has 1 aromatic carbocycles. The minimum atomic E-state index is 0.692. The van der Waals surface area contributed by atoms with Crippen molar-refractivity contribution in [2.75, 3.05) is 0 Å². The van der Waals surface area contributed by atoms with Crippen molar-refractivity contribution in [3.8, 4) is 0 Å². The molecule has 0 unspecified atom stereocenters. The fraction of sp³-hybridized carbons (Fsp3) is 0.111. The molecule has 66 valence electrons. The lowest BCUT2D eigenvalue weighted by atomic mass is 10.2. The summed E-state index contributed by atoms with van der Waals surface area (Å²) in [7, 11) is 0. The number of aryl methyl sites for hydroxylation is 1. The number of nitrogens with one attached hydrogen (secondary N) is 1. The first-order valence-electron chi connectivity index (χ1n) is 3.43. The maximum atomic E-state index is 9.83. The van der Waals surface area contributed by atoms with E-state index in [0.29, 0.717) is 5.69 Å². The predicted octanol–water partition coefficient (Wildman–Crippen LogP) is 1.86. The van der Waals surface area contributed by atoms with Gasteiger partial charge in [-0.25, -0.2) is 15.0 Å². The summed E-state index contributed by atoms with van der Waals surface area (Å²) < 4.78 is 0. The molecule has 1 rings (SSSR count). The van der Waals surface area contributed by atoms with E-state index in [1.807, 2.05) is 25.1 Å². The molecule has 0 bridgehead atoms. The van der Waals surface area contributed by atoms with Crippen molar-refractivity contribution in [2.24, 2.45) is 4.99 Å². The van der Waals surface area contributed by atoms with Crippen LogP contribution in [0.3, 0.4) is 0 Å². The zero-order valence-electron chi connectivity index (χ0n) is 7.07. The van der Waals surface area contributed by atoms with Gasteiger partial charge in [0.25, 0.3) is 0 Å². The zero-order chi connectivity index (χ0) is 10.1. The molecule has 0 spiro atoms. The quantitative estimate of drug-likeness (QED) is 0.524. The van der Waals surface area contributed by atoms with Gasteiger partial charge in [0, 0.05) is 0 Å². The summed E-state index contributed by atoms with van der Waals surface area (Å²) in [6, 6.07) is 7.42. The Labute approximate surface area is 75.4 Å². The van der Waals surface area contributed by atoms with Crippen LogP contribution in [0.25, 0.3) is 0 Å². The molecule has 1 N–H and O–H groups in total. The highest BCUT2D eigenvalue weighted by Crippen LogP contribution is 2.15. The number of nitrogens with zero attached hydrogens (tertiary/aromatic N) is 1. The van der Waals surface area contributed by atoms with Gasteiger partial charge in [-0.05, 0) is 18.6 Å². The second-order valence-corrected chi connectivity index (χ2v) is 2.09. The molecule has 0 saturated carbocycles. The van der Waals surface area contributed by atoms with E-state index >= 15 is 0 Å². The first-order chi connectivity index (χ1) is 6.26. The molecule has 0 aromatic heterocycles. The molecule has 13 heavy (non-hydrogen) atoms. The first-order valence-corrected chi connectivity index (χ1v) is 3.43. The average molecular weight is 176 g/mol. The molecule has 0 aliphatic carbocycles. The Morgan fingerprint density at radius 3 is 2.31 bits per heavy atom. The van der Waals surface area contributed by atoms with Crippen LogP contribution in [0.1, 0.15) is 5.56 Å². The van der Waals surface area contributed by atoms with Gasteiger partial charge in [0.05, 0.1) is 5.69 Å². The van der Waals surface area contributed by atoms with Crippen molar-refractivity contribution in [1.82, 2.24) is 0 Å². The Balaban J connectivity index is 0.000000424. The Morgan fingerprint density at radius 2 is 1.85 bits per heavy atom. The third kappa shape index (κ3) is 4.43. The van der Waals surface area contributed by atoms with Crippen molar-refractivity contribution < 1.29 is 9.59 Å². The van der Waals surface area contributed by atoms with E-state index in [1.54, 1.807) is 6.07 Å². The van der Waals surface area contributed by atoms with Gasteiger partial charge in [0.2, 0.25) is 12.2 Å². The second-order valence-electron chi connectivity index (χ2n) is 2.09. The normalized spacial score (nSPS) is 7.15. The standard InChI is InChI=1S/C8H7NO.CHNO/c1-7-4-2-3-5-8(7)9-6-10;2-1-3/h2-5H,1H3;2H. The summed E-state index contributed by atoms with van der Waals surface area (Å²) in [5, 5.41) is 5.40. The molecule has 0 aliphatic heterocycles. The van der Waals surface area contributed by atoms with Gasteiger partial charge < -0.3 is 0 Å². The lowest BCUT2D eigenvalue weighted by Gasteiger charge is -1.92. The number of isocyanates is 2. The Hall–Kier alpha value is -2.02. The molecule has 4 nitrogen and oxygen atoms in total. The maximum Gasteiger partial charge on any atom is 0.240 e. The molecular formula is C9H8N2O2. The number of aliphatic imine (C=N–C) groups is 1. The lowest BCUT2D eigenvalue weighted by Crippen LogP contribution is -1.70. The third-order valence-electron chi connectivity index (χ3n) is 1.28. The molecule has 0 saturated heterocycles. The van der Waals surface area contributed by atoms with Gasteiger partial charge in [-0.2, -0.15) is 4.99 Å². The van der Waals surface area contributed by atoms with Gasteiger partial charge in [0.15, 0.2) is 0 Å². The van der Waals surface area contributed by atoms with E-state index in [2.05, 4.69) is 4.99 Å². The van der Waals surface area contributed by atoms with Crippen LogP contribution < -0.4 is 0 Å². The van der Waals surface area contributed by atoms with Crippen molar-refractivity contribution >= 4 is 17.8 Å². The number of carbonyl (C=O) groups excluding carboxylic acids is 2. The fourth-order valence-electron chi connectivity index (χ4n) is 0.738. The van der Waals surface area contributed by atoms with Gasteiger partial charge in [-0.1, -0.05) is 18.2 Å². The first kappa shape index (κ1) is 11.0. The number of rotatable bonds is 1. The number of hydrogen-bond acceptors (Lipinski definition) is 4. The van der Waals surface area contributed by atoms with Crippen LogP contribution >= 0.6 is 0 Å². The largest absolute Gasteiger partial charge is 0.240 e. The SMILES string of the molecule is Cc1ccccc1N=C=O.N=C=O. The maximum absolute atomic E-state index is 9.83. The molecular weight excluding hydrogens is 168 g/mol. The molecule has 1 aromatic rings. The van der Waals surface area contributed by atoms with Crippen LogP contribution in [0.15, 0.2) is 29.3 Å². The highest BCUT2D eigenvalue weighted by molar-refractivity contribution is 5.52. The number of benzene rings is 1. The molecule has 4 heteroatoms. The van der Waals surface area contributed by atoms with Crippen LogP contribution in [-0.2, 0) is 9.59 Å². The summed E-state index contributed by atoms with van der Waals surface area (Å²) in [4.78, 5) is 21.7. The Bertz CT molecular complexity index is 348. The number of hydrogen-bond donors (Lipinski definition) is 1. The Morgan fingerprint density at radius 1 is 1.31 bits per heavy atom. The van der Waals surface area contributed by atoms with E-state index in [0.717, 1.165) is 11.6 Å². The average Bonchev–Trinajstić information content (AvgIpc) is 2.11. The van der Waals surface area contributed by atoms with Crippen molar-refractivity contribution in [3.05, 3.63) is 29.8 Å². The van der Waals surface area contributed by atoms with E-state index in [-0.39, 0.29) is 0 Å². The van der Waals surface area contributed by atoms with Gasteiger partial charge in [-0.15, -0.1) is 0 Å². The van der Waals surface area contributed by atoms with Crippen LogP contribution in [0.2, 0.25) is 0 Å². The van der Waals surface area contributed by atoms with Crippen molar-refractivity contribution in [2.45, 2.75) is 6.92 Å². The highest BCUT2D eigenvalue weighted by atomic mass is 16.1. The van der Waals surface area contributed by atoms with E-state index in [9.17, 15) is 4.79 Å². The minimum absolute atomic E-state index is 0.692. The fourth-order valence-corrected chi connectivity index (χ4v) is 0.738. The lowest BCUT2D eigenvalue weighted by molar-refractivity contribution is 0.562. The van der Waals surface area contributed by atoms with Crippen LogP contribution in [-0.4, -0.2) is 12.2 Å². The van der Waals surface area contributed by atoms with Gasteiger partial charge in [0.1, 0.15) is 0 Å².